The molecule has 0 saturated carbocycles. The fourth-order valence-electron chi connectivity index (χ4n) is 1.68. The van der Waals surface area contributed by atoms with Gasteiger partial charge in [0.05, 0.1) is 5.56 Å². The smallest absolute Gasteiger partial charge is 0.272 e. The standard InChI is InChI=1S/C12H16N4O/c1-16-7-4-11(5-8-16)14-15-12(17)10-3-2-6-13-9-10/h2-3,6,9H,4-5,7-8H2,1H3,(H,15,17). The van der Waals surface area contributed by atoms with Crippen molar-refractivity contribution in [2.75, 3.05) is 20.1 Å². The SMILES string of the molecule is CN1CCC(=NNC(=O)c2cccnc2)CC1. The Hall–Kier alpha value is -1.75. The van der Waals surface area contributed by atoms with Crippen molar-refractivity contribution in [3.63, 3.8) is 0 Å². The molecule has 0 unspecified atom stereocenters. The number of hydrogen-bond acceptors (Lipinski definition) is 4. The minimum atomic E-state index is -0.204. The second-order valence-electron chi connectivity index (χ2n) is 4.16. The number of pyridine rings is 1. The third-order valence-electron chi connectivity index (χ3n) is 2.80. The Bertz CT molecular complexity index is 406. The lowest BCUT2D eigenvalue weighted by Crippen LogP contribution is -2.32. The van der Waals surface area contributed by atoms with Gasteiger partial charge in [-0.15, -0.1) is 0 Å². The van der Waals surface area contributed by atoms with E-state index < -0.39 is 0 Å². The van der Waals surface area contributed by atoms with Crippen LogP contribution in [-0.4, -0.2) is 41.6 Å². The minimum Gasteiger partial charge on any atom is -0.306 e. The molecule has 1 aliphatic rings. The predicted octanol–water partition coefficient (Wildman–Crippen LogP) is 0.893. The molecule has 0 aliphatic carbocycles. The average molecular weight is 232 g/mol. The second kappa shape index (κ2) is 5.54. The van der Waals surface area contributed by atoms with E-state index in [-0.39, 0.29) is 5.91 Å². The van der Waals surface area contributed by atoms with Crippen molar-refractivity contribution in [1.82, 2.24) is 15.3 Å². The van der Waals surface area contributed by atoms with Crippen LogP contribution in [0, 0.1) is 0 Å². The molecule has 0 bridgehead atoms. The van der Waals surface area contributed by atoms with Crippen LogP contribution in [0.15, 0.2) is 29.6 Å². The van der Waals surface area contributed by atoms with Crippen molar-refractivity contribution < 1.29 is 4.79 Å². The molecule has 1 aromatic rings. The summed E-state index contributed by atoms with van der Waals surface area (Å²) in [5, 5.41) is 4.16. The number of carbonyl (C=O) groups is 1. The van der Waals surface area contributed by atoms with Crippen molar-refractivity contribution in [3.05, 3.63) is 30.1 Å². The Morgan fingerprint density at radius 3 is 2.88 bits per heavy atom. The maximum atomic E-state index is 11.7. The van der Waals surface area contributed by atoms with E-state index >= 15 is 0 Å². The lowest BCUT2D eigenvalue weighted by atomic mass is 10.1. The summed E-state index contributed by atoms with van der Waals surface area (Å²) in [6, 6.07) is 3.45. The number of hydrogen-bond donors (Lipinski definition) is 1. The number of aromatic nitrogens is 1. The summed E-state index contributed by atoms with van der Waals surface area (Å²) in [7, 11) is 2.09. The number of nitrogens with one attached hydrogen (secondary N) is 1. The van der Waals surface area contributed by atoms with E-state index in [2.05, 4.69) is 27.5 Å². The van der Waals surface area contributed by atoms with Gasteiger partial charge in [0.15, 0.2) is 0 Å². The van der Waals surface area contributed by atoms with Gasteiger partial charge in [0.2, 0.25) is 0 Å². The molecule has 1 N–H and O–H groups in total. The fourth-order valence-corrected chi connectivity index (χ4v) is 1.68. The maximum Gasteiger partial charge on any atom is 0.272 e. The van der Waals surface area contributed by atoms with E-state index in [1.54, 1.807) is 18.3 Å². The summed E-state index contributed by atoms with van der Waals surface area (Å²) >= 11 is 0. The monoisotopic (exact) mass is 232 g/mol. The highest BCUT2D eigenvalue weighted by Crippen LogP contribution is 2.04. The molecule has 2 heterocycles. The Balaban J connectivity index is 1.90. The molecule has 1 aliphatic heterocycles. The topological polar surface area (TPSA) is 57.6 Å². The van der Waals surface area contributed by atoms with Gasteiger partial charge in [0.1, 0.15) is 0 Å². The van der Waals surface area contributed by atoms with Crippen molar-refractivity contribution in [1.29, 1.82) is 0 Å². The van der Waals surface area contributed by atoms with E-state index in [0.717, 1.165) is 31.6 Å². The lowest BCUT2D eigenvalue weighted by Gasteiger charge is -2.22. The number of hydrazone groups is 1. The fraction of sp³-hybridized carbons (Fsp3) is 0.417. The first-order valence-corrected chi connectivity index (χ1v) is 5.70. The van der Waals surface area contributed by atoms with Crippen LogP contribution in [0.5, 0.6) is 0 Å². The molecule has 90 valence electrons. The first kappa shape index (κ1) is 11.7. The van der Waals surface area contributed by atoms with Gasteiger partial charge < -0.3 is 4.90 Å². The Morgan fingerprint density at radius 2 is 2.24 bits per heavy atom. The normalized spacial score (nSPS) is 16.6. The quantitative estimate of drug-likeness (QED) is 0.770. The van der Waals surface area contributed by atoms with Crippen LogP contribution in [0.4, 0.5) is 0 Å². The molecule has 1 aromatic heterocycles. The summed E-state index contributed by atoms with van der Waals surface area (Å²) in [4.78, 5) is 17.8. The van der Waals surface area contributed by atoms with Crippen LogP contribution < -0.4 is 5.43 Å². The van der Waals surface area contributed by atoms with Crippen LogP contribution in [-0.2, 0) is 0 Å². The number of likely N-dealkylation sites (tertiary alicyclic amines) is 1. The molecule has 1 fully saturated rings. The first-order chi connectivity index (χ1) is 8.25. The maximum absolute atomic E-state index is 11.7. The molecule has 5 nitrogen and oxygen atoms in total. The van der Waals surface area contributed by atoms with Crippen LogP contribution in [0.25, 0.3) is 0 Å². The van der Waals surface area contributed by atoms with Crippen LogP contribution in [0.3, 0.4) is 0 Å². The highest BCUT2D eigenvalue weighted by atomic mass is 16.2. The first-order valence-electron chi connectivity index (χ1n) is 5.70. The molecule has 1 amide bonds. The van der Waals surface area contributed by atoms with Crippen molar-refractivity contribution >= 4 is 11.6 Å². The molecule has 17 heavy (non-hydrogen) atoms. The van der Waals surface area contributed by atoms with Crippen LogP contribution >= 0.6 is 0 Å². The summed E-state index contributed by atoms with van der Waals surface area (Å²) < 4.78 is 0. The van der Waals surface area contributed by atoms with E-state index in [1.165, 1.54) is 6.20 Å². The molecule has 2 rings (SSSR count). The van der Waals surface area contributed by atoms with Crippen molar-refractivity contribution in [3.8, 4) is 0 Å². The van der Waals surface area contributed by atoms with E-state index in [4.69, 9.17) is 0 Å². The van der Waals surface area contributed by atoms with Gasteiger partial charge in [-0.2, -0.15) is 5.10 Å². The Labute approximate surface area is 101 Å². The highest BCUT2D eigenvalue weighted by molar-refractivity contribution is 5.95. The van der Waals surface area contributed by atoms with Gasteiger partial charge >= 0.3 is 0 Å². The van der Waals surface area contributed by atoms with Gasteiger partial charge in [0, 0.05) is 44.0 Å². The van der Waals surface area contributed by atoms with Gasteiger partial charge in [-0.1, -0.05) is 0 Å². The third-order valence-corrected chi connectivity index (χ3v) is 2.80. The van der Waals surface area contributed by atoms with Gasteiger partial charge in [-0.3, -0.25) is 9.78 Å². The Kier molecular flexibility index (Phi) is 3.82. The summed E-state index contributed by atoms with van der Waals surface area (Å²) in [6.45, 7) is 2.00. The van der Waals surface area contributed by atoms with E-state index in [9.17, 15) is 4.79 Å². The predicted molar refractivity (Wildman–Crippen MR) is 65.9 cm³/mol. The van der Waals surface area contributed by atoms with Crippen molar-refractivity contribution in [2.45, 2.75) is 12.8 Å². The average Bonchev–Trinajstić information content (AvgIpc) is 2.39. The number of carbonyl (C=O) groups excluding carboxylic acids is 1. The summed E-state index contributed by atoms with van der Waals surface area (Å²) in [6.07, 6.45) is 5.01. The molecule has 1 saturated heterocycles. The highest BCUT2D eigenvalue weighted by Gasteiger charge is 2.11. The molecule has 5 heteroatoms. The molecular weight excluding hydrogens is 216 g/mol. The Morgan fingerprint density at radius 1 is 1.47 bits per heavy atom. The van der Waals surface area contributed by atoms with Crippen LogP contribution in [0.2, 0.25) is 0 Å². The molecule has 0 atom stereocenters. The molecule has 0 aromatic carbocycles. The molecule has 0 radical (unpaired) electrons. The molecular formula is C12H16N4O. The summed E-state index contributed by atoms with van der Waals surface area (Å²) in [5.74, 6) is -0.204. The van der Waals surface area contributed by atoms with Crippen molar-refractivity contribution in [2.24, 2.45) is 5.10 Å². The number of piperidine rings is 1. The van der Waals surface area contributed by atoms with E-state index in [1.807, 2.05) is 0 Å². The van der Waals surface area contributed by atoms with E-state index in [0.29, 0.717) is 5.56 Å². The van der Waals surface area contributed by atoms with Crippen LogP contribution in [0.1, 0.15) is 23.2 Å². The largest absolute Gasteiger partial charge is 0.306 e. The van der Waals surface area contributed by atoms with Gasteiger partial charge in [-0.05, 0) is 19.2 Å². The molecule has 0 spiro atoms. The third kappa shape index (κ3) is 3.35. The minimum absolute atomic E-state index is 0.204. The lowest BCUT2D eigenvalue weighted by molar-refractivity contribution is 0.0954. The second-order valence-corrected chi connectivity index (χ2v) is 4.16. The van der Waals surface area contributed by atoms with Gasteiger partial charge in [0.25, 0.3) is 5.91 Å². The van der Waals surface area contributed by atoms with Gasteiger partial charge in [-0.25, -0.2) is 5.43 Å². The number of rotatable bonds is 2. The zero-order valence-electron chi connectivity index (χ0n) is 9.89. The summed E-state index contributed by atoms with van der Waals surface area (Å²) in [5.41, 5.74) is 4.16. The zero-order chi connectivity index (χ0) is 12.1. The zero-order valence-corrected chi connectivity index (χ0v) is 9.89. The number of nitrogens with zero attached hydrogens (tertiary/aromatic N) is 3. The number of amides is 1.